The van der Waals surface area contributed by atoms with Crippen molar-refractivity contribution < 1.29 is 23.5 Å². The maximum Gasteiger partial charge on any atom is 0.310 e. The molecule has 4 rings (SSSR count). The fourth-order valence-corrected chi connectivity index (χ4v) is 3.37. The minimum absolute atomic E-state index is 0.00280. The molecule has 0 fully saturated rings. The van der Waals surface area contributed by atoms with Crippen LogP contribution in [0.2, 0.25) is 0 Å². The first kappa shape index (κ1) is 18.7. The number of carbonyl (C=O) groups is 3. The molecule has 29 heavy (non-hydrogen) atoms. The standard InChI is InChI=1S/C22H20N2O5/c1-2-14-7-8-16-15(12-28-19(16)9-14)10-22(27)29-13-21(26)24-11-20(25)23-17-5-3-4-6-18(17)24/h3-9,12H,2,10-11,13H2,1H3,(H,23,25). The van der Waals surface area contributed by atoms with Crippen LogP contribution in [0, 0.1) is 0 Å². The minimum Gasteiger partial charge on any atom is -0.464 e. The Kier molecular flexibility index (Phi) is 5.03. The maximum absolute atomic E-state index is 12.5. The molecular formula is C22H20N2O5. The Morgan fingerprint density at radius 1 is 1.21 bits per heavy atom. The number of amides is 2. The van der Waals surface area contributed by atoms with Crippen molar-refractivity contribution in [2.45, 2.75) is 19.8 Å². The molecule has 2 heterocycles. The molecule has 7 heteroatoms. The number of hydrogen-bond donors (Lipinski definition) is 1. The van der Waals surface area contributed by atoms with E-state index in [0.717, 1.165) is 23.0 Å². The number of hydrogen-bond acceptors (Lipinski definition) is 5. The predicted octanol–water partition coefficient (Wildman–Crippen LogP) is 3.07. The maximum atomic E-state index is 12.5. The van der Waals surface area contributed by atoms with Crippen LogP contribution in [0.25, 0.3) is 11.0 Å². The summed E-state index contributed by atoms with van der Waals surface area (Å²) in [5, 5.41) is 3.57. The smallest absolute Gasteiger partial charge is 0.310 e. The minimum atomic E-state index is -0.532. The van der Waals surface area contributed by atoms with E-state index in [1.54, 1.807) is 30.5 Å². The van der Waals surface area contributed by atoms with Gasteiger partial charge in [0.25, 0.3) is 5.91 Å². The van der Waals surface area contributed by atoms with Crippen molar-refractivity contribution in [3.8, 4) is 0 Å². The predicted molar refractivity (Wildman–Crippen MR) is 108 cm³/mol. The lowest BCUT2D eigenvalue weighted by Gasteiger charge is -2.28. The molecule has 2 amide bonds. The number of nitrogens with zero attached hydrogens (tertiary/aromatic N) is 1. The van der Waals surface area contributed by atoms with E-state index >= 15 is 0 Å². The highest BCUT2D eigenvalue weighted by Crippen LogP contribution is 2.29. The third kappa shape index (κ3) is 3.85. The van der Waals surface area contributed by atoms with Gasteiger partial charge < -0.3 is 14.5 Å². The van der Waals surface area contributed by atoms with Crippen LogP contribution in [0.1, 0.15) is 18.1 Å². The number of anilines is 2. The Morgan fingerprint density at radius 2 is 2.03 bits per heavy atom. The van der Waals surface area contributed by atoms with Gasteiger partial charge in [-0.3, -0.25) is 19.3 Å². The Morgan fingerprint density at radius 3 is 2.86 bits per heavy atom. The molecule has 0 radical (unpaired) electrons. The molecule has 7 nitrogen and oxygen atoms in total. The zero-order valence-corrected chi connectivity index (χ0v) is 15.9. The van der Waals surface area contributed by atoms with Crippen LogP contribution >= 0.6 is 0 Å². The van der Waals surface area contributed by atoms with Gasteiger partial charge in [0.1, 0.15) is 12.1 Å². The van der Waals surface area contributed by atoms with Crippen LogP contribution in [-0.4, -0.2) is 30.9 Å². The van der Waals surface area contributed by atoms with E-state index in [1.807, 2.05) is 18.2 Å². The van der Waals surface area contributed by atoms with Gasteiger partial charge in [0, 0.05) is 10.9 Å². The van der Waals surface area contributed by atoms with Crippen molar-refractivity contribution >= 4 is 40.1 Å². The molecule has 0 unspecified atom stereocenters. The van der Waals surface area contributed by atoms with E-state index < -0.39 is 18.5 Å². The van der Waals surface area contributed by atoms with Crippen molar-refractivity contribution in [3.05, 3.63) is 59.9 Å². The SMILES string of the molecule is CCc1ccc2c(CC(=O)OCC(=O)N3CC(=O)Nc4ccccc43)coc2c1. The van der Waals surface area contributed by atoms with Gasteiger partial charge in [-0.15, -0.1) is 0 Å². The van der Waals surface area contributed by atoms with Gasteiger partial charge in [0.15, 0.2) is 6.61 Å². The van der Waals surface area contributed by atoms with Gasteiger partial charge in [-0.05, 0) is 30.2 Å². The number of benzene rings is 2. The van der Waals surface area contributed by atoms with Crippen molar-refractivity contribution in [1.29, 1.82) is 0 Å². The number of para-hydroxylation sites is 2. The third-order valence-electron chi connectivity index (χ3n) is 4.89. The number of furan rings is 1. The van der Waals surface area contributed by atoms with Crippen molar-refractivity contribution in [2.24, 2.45) is 0 Å². The van der Waals surface area contributed by atoms with E-state index in [9.17, 15) is 14.4 Å². The number of ether oxygens (including phenoxy) is 1. The number of esters is 1. The van der Waals surface area contributed by atoms with E-state index in [-0.39, 0.29) is 18.9 Å². The Balaban J connectivity index is 1.40. The highest BCUT2D eigenvalue weighted by Gasteiger charge is 2.27. The average molecular weight is 392 g/mol. The fourth-order valence-electron chi connectivity index (χ4n) is 3.37. The molecule has 2 aromatic carbocycles. The van der Waals surface area contributed by atoms with Crippen LogP contribution in [0.3, 0.4) is 0 Å². The van der Waals surface area contributed by atoms with Crippen LogP contribution in [-0.2, 0) is 32.0 Å². The van der Waals surface area contributed by atoms with Crippen LogP contribution in [0.15, 0.2) is 53.1 Å². The lowest BCUT2D eigenvalue weighted by Crippen LogP contribution is -2.44. The zero-order valence-electron chi connectivity index (χ0n) is 15.9. The fraction of sp³-hybridized carbons (Fsp3) is 0.227. The quantitative estimate of drug-likeness (QED) is 0.674. The second-order valence-corrected chi connectivity index (χ2v) is 6.83. The molecule has 0 saturated carbocycles. The average Bonchev–Trinajstić information content (AvgIpc) is 3.13. The van der Waals surface area contributed by atoms with Gasteiger partial charge in [-0.25, -0.2) is 0 Å². The summed E-state index contributed by atoms with van der Waals surface area (Å²) in [5.74, 6) is -1.28. The topological polar surface area (TPSA) is 88.9 Å². The molecule has 0 spiro atoms. The number of carbonyl (C=O) groups excluding carboxylic acids is 3. The second kappa shape index (κ2) is 7.79. The molecule has 3 aromatic rings. The van der Waals surface area contributed by atoms with Gasteiger partial charge in [0.05, 0.1) is 24.1 Å². The summed E-state index contributed by atoms with van der Waals surface area (Å²) < 4.78 is 10.7. The monoisotopic (exact) mass is 392 g/mol. The van der Waals surface area contributed by atoms with E-state index in [1.165, 1.54) is 4.90 Å². The Labute approximate surface area is 167 Å². The molecular weight excluding hydrogens is 372 g/mol. The third-order valence-corrected chi connectivity index (χ3v) is 4.89. The van der Waals surface area contributed by atoms with E-state index in [4.69, 9.17) is 9.15 Å². The highest BCUT2D eigenvalue weighted by molar-refractivity contribution is 6.10. The molecule has 1 N–H and O–H groups in total. The number of aryl methyl sites for hydroxylation is 1. The van der Waals surface area contributed by atoms with Crippen LogP contribution in [0.4, 0.5) is 11.4 Å². The van der Waals surface area contributed by atoms with Crippen molar-refractivity contribution in [1.82, 2.24) is 0 Å². The molecule has 0 bridgehead atoms. The number of rotatable bonds is 5. The number of fused-ring (bicyclic) bond motifs is 2. The van der Waals surface area contributed by atoms with Crippen LogP contribution in [0.5, 0.6) is 0 Å². The van der Waals surface area contributed by atoms with Crippen molar-refractivity contribution in [2.75, 3.05) is 23.4 Å². The van der Waals surface area contributed by atoms with Gasteiger partial charge in [-0.1, -0.05) is 31.2 Å². The first-order valence-corrected chi connectivity index (χ1v) is 9.39. The van der Waals surface area contributed by atoms with E-state index in [0.29, 0.717) is 16.9 Å². The Hall–Kier alpha value is -3.61. The van der Waals surface area contributed by atoms with Crippen LogP contribution < -0.4 is 10.2 Å². The lowest BCUT2D eigenvalue weighted by atomic mass is 10.1. The largest absolute Gasteiger partial charge is 0.464 e. The lowest BCUT2D eigenvalue weighted by molar-refractivity contribution is -0.147. The first-order valence-electron chi connectivity index (χ1n) is 9.39. The summed E-state index contributed by atoms with van der Waals surface area (Å²) in [6.07, 6.45) is 2.44. The second-order valence-electron chi connectivity index (χ2n) is 6.83. The molecule has 0 aliphatic carbocycles. The normalized spacial score (nSPS) is 13.1. The van der Waals surface area contributed by atoms with Gasteiger partial charge in [0.2, 0.25) is 5.91 Å². The highest BCUT2D eigenvalue weighted by atomic mass is 16.5. The van der Waals surface area contributed by atoms with Crippen molar-refractivity contribution in [3.63, 3.8) is 0 Å². The Bertz CT molecular complexity index is 1100. The summed E-state index contributed by atoms with van der Waals surface area (Å²) in [7, 11) is 0. The summed E-state index contributed by atoms with van der Waals surface area (Å²) in [4.78, 5) is 38.0. The van der Waals surface area contributed by atoms with Gasteiger partial charge >= 0.3 is 5.97 Å². The zero-order chi connectivity index (χ0) is 20.4. The first-order chi connectivity index (χ1) is 14.0. The summed E-state index contributed by atoms with van der Waals surface area (Å²) in [5.41, 5.74) is 3.72. The van der Waals surface area contributed by atoms with Gasteiger partial charge in [-0.2, -0.15) is 0 Å². The molecule has 1 aliphatic rings. The number of nitrogens with one attached hydrogen (secondary N) is 1. The summed E-state index contributed by atoms with van der Waals surface area (Å²) >= 11 is 0. The molecule has 1 aromatic heterocycles. The molecule has 0 atom stereocenters. The van der Waals surface area contributed by atoms with E-state index in [2.05, 4.69) is 12.2 Å². The molecule has 1 aliphatic heterocycles. The summed E-state index contributed by atoms with van der Waals surface area (Å²) in [6.45, 7) is 1.51. The molecule has 148 valence electrons. The molecule has 0 saturated heterocycles. The summed E-state index contributed by atoms with van der Waals surface area (Å²) in [6, 6.07) is 12.9.